The zero-order valence-electron chi connectivity index (χ0n) is 12.5. The van der Waals surface area contributed by atoms with E-state index < -0.39 is 5.92 Å². The molecule has 0 spiro atoms. The summed E-state index contributed by atoms with van der Waals surface area (Å²) < 4.78 is 27.1. The Morgan fingerprint density at radius 3 is 2.85 bits per heavy atom. The topological polar surface area (TPSA) is 41.6 Å². The molecule has 116 valence electrons. The van der Waals surface area contributed by atoms with Crippen molar-refractivity contribution in [1.29, 1.82) is 0 Å². The second kappa shape index (κ2) is 6.72. The lowest BCUT2D eigenvalue weighted by Crippen LogP contribution is -2.43. The molecule has 2 atom stereocenters. The smallest absolute Gasteiger partial charge is 0.248 e. The molecule has 1 aliphatic heterocycles. The molecular weight excluding hydrogens is 260 g/mol. The average Bonchev–Trinajstić information content (AvgIpc) is 2.56. The van der Waals surface area contributed by atoms with Crippen LogP contribution in [0.5, 0.6) is 0 Å². The Bertz CT molecular complexity index is 344. The average molecular weight is 287 g/mol. The van der Waals surface area contributed by atoms with Gasteiger partial charge in [-0.1, -0.05) is 13.3 Å². The van der Waals surface area contributed by atoms with E-state index in [1.54, 1.807) is 0 Å². The van der Waals surface area contributed by atoms with Gasteiger partial charge < -0.3 is 10.6 Å². The quantitative estimate of drug-likeness (QED) is 0.481. The largest absolute Gasteiger partial charge is 0.370 e. The van der Waals surface area contributed by atoms with Crippen molar-refractivity contribution in [2.45, 2.75) is 57.8 Å². The first kappa shape index (κ1) is 15.5. The van der Waals surface area contributed by atoms with Crippen molar-refractivity contribution in [1.82, 2.24) is 4.90 Å². The highest BCUT2D eigenvalue weighted by molar-refractivity contribution is 5.78. The molecule has 1 saturated heterocycles. The summed E-state index contributed by atoms with van der Waals surface area (Å²) in [6.07, 6.45) is 4.75. The first-order valence-electron chi connectivity index (χ1n) is 7.89. The van der Waals surface area contributed by atoms with E-state index in [0.29, 0.717) is 24.8 Å². The number of hydrogen-bond acceptors (Lipinski definition) is 1. The standard InChI is InChI=1S/C15H27F2N3/c1-12-5-4-8-20(11-12)14(18)19-10-13-6-2-3-7-15(16,17)9-13/h12-13H,2-11H2,1H3,(H2,18,19). The van der Waals surface area contributed by atoms with Crippen molar-refractivity contribution in [3.8, 4) is 0 Å². The number of likely N-dealkylation sites (tertiary alicyclic amines) is 1. The van der Waals surface area contributed by atoms with Crippen molar-refractivity contribution in [2.24, 2.45) is 22.6 Å². The Morgan fingerprint density at radius 1 is 1.30 bits per heavy atom. The number of hydrogen-bond donors (Lipinski definition) is 1. The molecule has 0 radical (unpaired) electrons. The molecule has 0 amide bonds. The van der Waals surface area contributed by atoms with E-state index in [1.807, 2.05) is 0 Å². The number of nitrogens with zero attached hydrogens (tertiary/aromatic N) is 2. The Labute approximate surface area is 120 Å². The van der Waals surface area contributed by atoms with E-state index in [0.717, 1.165) is 32.4 Å². The Hall–Kier alpha value is -0.870. The molecule has 20 heavy (non-hydrogen) atoms. The van der Waals surface area contributed by atoms with E-state index in [2.05, 4.69) is 16.8 Å². The van der Waals surface area contributed by atoms with Gasteiger partial charge in [-0.15, -0.1) is 0 Å². The summed E-state index contributed by atoms with van der Waals surface area (Å²) in [5.41, 5.74) is 6.02. The van der Waals surface area contributed by atoms with Gasteiger partial charge in [-0.3, -0.25) is 4.99 Å². The van der Waals surface area contributed by atoms with Crippen LogP contribution in [-0.4, -0.2) is 36.4 Å². The Balaban J connectivity index is 1.87. The lowest BCUT2D eigenvalue weighted by Gasteiger charge is -2.32. The van der Waals surface area contributed by atoms with E-state index in [-0.39, 0.29) is 18.8 Å². The number of aliphatic imine (C=N–C) groups is 1. The summed E-state index contributed by atoms with van der Waals surface area (Å²) in [4.78, 5) is 6.50. The first-order chi connectivity index (χ1) is 9.46. The first-order valence-corrected chi connectivity index (χ1v) is 7.89. The monoisotopic (exact) mass is 287 g/mol. The van der Waals surface area contributed by atoms with Gasteiger partial charge in [-0.25, -0.2) is 8.78 Å². The highest BCUT2D eigenvalue weighted by Gasteiger charge is 2.34. The van der Waals surface area contributed by atoms with E-state index in [4.69, 9.17) is 5.73 Å². The highest BCUT2D eigenvalue weighted by atomic mass is 19.3. The van der Waals surface area contributed by atoms with Gasteiger partial charge in [0.05, 0.1) is 0 Å². The van der Waals surface area contributed by atoms with Crippen molar-refractivity contribution in [2.75, 3.05) is 19.6 Å². The van der Waals surface area contributed by atoms with Crippen LogP contribution in [0, 0.1) is 11.8 Å². The van der Waals surface area contributed by atoms with Crippen LogP contribution in [0.15, 0.2) is 4.99 Å². The Kier molecular flexibility index (Phi) is 5.22. The van der Waals surface area contributed by atoms with Crippen LogP contribution < -0.4 is 5.73 Å². The minimum atomic E-state index is -2.51. The molecule has 3 nitrogen and oxygen atoms in total. The molecule has 0 aromatic carbocycles. The molecular formula is C15H27F2N3. The van der Waals surface area contributed by atoms with Gasteiger partial charge in [-0.05, 0) is 37.5 Å². The van der Waals surface area contributed by atoms with Crippen LogP contribution >= 0.6 is 0 Å². The third kappa shape index (κ3) is 4.60. The maximum absolute atomic E-state index is 13.6. The lowest BCUT2D eigenvalue weighted by molar-refractivity contribution is -0.0241. The minimum Gasteiger partial charge on any atom is -0.370 e. The van der Waals surface area contributed by atoms with Gasteiger partial charge in [-0.2, -0.15) is 0 Å². The number of rotatable bonds is 2. The molecule has 0 bridgehead atoms. The van der Waals surface area contributed by atoms with E-state index >= 15 is 0 Å². The molecule has 0 aromatic heterocycles. The van der Waals surface area contributed by atoms with Gasteiger partial charge in [0.15, 0.2) is 5.96 Å². The fraction of sp³-hybridized carbons (Fsp3) is 0.933. The fourth-order valence-corrected chi connectivity index (χ4v) is 3.32. The molecule has 1 heterocycles. The zero-order valence-corrected chi connectivity index (χ0v) is 12.5. The second-order valence-electron chi connectivity index (χ2n) is 6.56. The summed E-state index contributed by atoms with van der Waals surface area (Å²) >= 11 is 0. The molecule has 2 N–H and O–H groups in total. The van der Waals surface area contributed by atoms with Gasteiger partial charge in [0.2, 0.25) is 5.92 Å². The number of nitrogens with two attached hydrogens (primary N) is 1. The normalized spacial score (nSPS) is 31.9. The molecule has 5 heteroatoms. The predicted molar refractivity (Wildman–Crippen MR) is 78.0 cm³/mol. The van der Waals surface area contributed by atoms with Crippen LogP contribution in [-0.2, 0) is 0 Å². The van der Waals surface area contributed by atoms with Gasteiger partial charge in [0.25, 0.3) is 0 Å². The third-order valence-electron chi connectivity index (χ3n) is 4.48. The van der Waals surface area contributed by atoms with Crippen LogP contribution in [0.25, 0.3) is 0 Å². The third-order valence-corrected chi connectivity index (χ3v) is 4.48. The molecule has 1 aliphatic carbocycles. The highest BCUT2D eigenvalue weighted by Crippen LogP contribution is 2.35. The van der Waals surface area contributed by atoms with Gasteiger partial charge in [0.1, 0.15) is 0 Å². The zero-order chi connectivity index (χ0) is 14.6. The van der Waals surface area contributed by atoms with Crippen molar-refractivity contribution in [3.05, 3.63) is 0 Å². The molecule has 2 unspecified atom stereocenters. The second-order valence-corrected chi connectivity index (χ2v) is 6.56. The van der Waals surface area contributed by atoms with Crippen LogP contribution in [0.3, 0.4) is 0 Å². The summed E-state index contributed by atoms with van der Waals surface area (Å²) in [5.74, 6) is -1.34. The minimum absolute atomic E-state index is 0.0201. The van der Waals surface area contributed by atoms with E-state index in [9.17, 15) is 8.78 Å². The summed E-state index contributed by atoms with van der Waals surface area (Å²) in [5, 5.41) is 0. The van der Waals surface area contributed by atoms with Crippen LogP contribution in [0.4, 0.5) is 8.78 Å². The summed E-state index contributed by atoms with van der Waals surface area (Å²) in [6.45, 7) is 4.55. The molecule has 2 fully saturated rings. The lowest BCUT2D eigenvalue weighted by atomic mass is 9.99. The van der Waals surface area contributed by atoms with Crippen LogP contribution in [0.1, 0.15) is 51.9 Å². The summed E-state index contributed by atoms with van der Waals surface area (Å²) in [6, 6.07) is 0. The van der Waals surface area contributed by atoms with Crippen molar-refractivity contribution >= 4 is 5.96 Å². The molecule has 1 saturated carbocycles. The van der Waals surface area contributed by atoms with Gasteiger partial charge in [0, 0.05) is 32.5 Å². The maximum Gasteiger partial charge on any atom is 0.248 e. The van der Waals surface area contributed by atoms with Crippen molar-refractivity contribution in [3.63, 3.8) is 0 Å². The fourth-order valence-electron chi connectivity index (χ4n) is 3.32. The SMILES string of the molecule is CC1CCCN(C(N)=NCC2CCCCC(F)(F)C2)C1. The van der Waals surface area contributed by atoms with Crippen molar-refractivity contribution < 1.29 is 8.78 Å². The number of alkyl halides is 2. The molecule has 0 aromatic rings. The molecule has 2 aliphatic rings. The van der Waals surface area contributed by atoms with Gasteiger partial charge >= 0.3 is 0 Å². The number of guanidine groups is 1. The maximum atomic E-state index is 13.6. The van der Waals surface area contributed by atoms with E-state index in [1.165, 1.54) is 6.42 Å². The van der Waals surface area contributed by atoms with Crippen LogP contribution in [0.2, 0.25) is 0 Å². The predicted octanol–water partition coefficient (Wildman–Crippen LogP) is 3.25. The number of piperidine rings is 1. The molecule has 2 rings (SSSR count). The number of halogens is 2. The summed E-state index contributed by atoms with van der Waals surface area (Å²) in [7, 11) is 0. The Morgan fingerprint density at radius 2 is 2.10 bits per heavy atom.